The average Bonchev–Trinajstić information content (AvgIpc) is 3.60. The molecule has 0 atom stereocenters. The third-order valence-corrected chi connectivity index (χ3v) is 10.3. The zero-order valence-electron chi connectivity index (χ0n) is 27.7. The van der Waals surface area contributed by atoms with Gasteiger partial charge in [0, 0.05) is 30.1 Å². The summed E-state index contributed by atoms with van der Waals surface area (Å²) >= 11 is 7.27. The number of pyridine rings is 1. The van der Waals surface area contributed by atoms with Crippen molar-refractivity contribution in [2.24, 2.45) is 5.41 Å². The van der Waals surface area contributed by atoms with Crippen LogP contribution >= 0.6 is 22.9 Å². The Morgan fingerprint density at radius 2 is 1.76 bits per heavy atom. The number of fused-ring (bicyclic) bond motifs is 3. The fourth-order valence-electron chi connectivity index (χ4n) is 7.25. The number of ether oxygens (including phenoxy) is 1. The van der Waals surface area contributed by atoms with Crippen LogP contribution in [0.15, 0.2) is 66.7 Å². The normalized spacial score (nSPS) is 15.9. The molecule has 49 heavy (non-hydrogen) atoms. The summed E-state index contributed by atoms with van der Waals surface area (Å²) in [7, 11) is 1.54. The number of amides is 2. The van der Waals surface area contributed by atoms with Crippen LogP contribution in [-0.2, 0) is 5.41 Å². The van der Waals surface area contributed by atoms with Crippen molar-refractivity contribution in [3.63, 3.8) is 0 Å². The van der Waals surface area contributed by atoms with Gasteiger partial charge < -0.3 is 19.9 Å². The van der Waals surface area contributed by atoms with Gasteiger partial charge in [-0.1, -0.05) is 68.0 Å². The minimum atomic E-state index is -0.472. The lowest BCUT2D eigenvalue weighted by molar-refractivity contribution is 0.125. The van der Waals surface area contributed by atoms with Gasteiger partial charge in [-0.15, -0.1) is 0 Å². The maximum Gasteiger partial charge on any atom is 0.325 e. The molecule has 0 unspecified atom stereocenters. The Morgan fingerprint density at radius 3 is 2.47 bits per heavy atom. The average molecular weight is 703 g/mol. The van der Waals surface area contributed by atoms with E-state index >= 15 is 4.39 Å². The van der Waals surface area contributed by atoms with Crippen molar-refractivity contribution >= 4 is 61.5 Å². The molecule has 1 saturated heterocycles. The van der Waals surface area contributed by atoms with Crippen LogP contribution in [0.4, 0.5) is 35.8 Å². The molecule has 254 valence electrons. The van der Waals surface area contributed by atoms with Gasteiger partial charge in [-0.3, -0.25) is 5.32 Å². The highest BCUT2D eigenvalue weighted by atomic mass is 35.5. The Morgan fingerprint density at radius 1 is 1.02 bits per heavy atom. The van der Waals surface area contributed by atoms with Crippen LogP contribution < -0.4 is 20.3 Å². The number of likely N-dealkylation sites (tertiary alicyclic amines) is 1. The van der Waals surface area contributed by atoms with E-state index in [2.05, 4.69) is 51.2 Å². The number of carbonyl (C=O) groups excluding carboxylic acids is 1. The molecule has 2 amide bonds. The molecule has 0 saturated carbocycles. The van der Waals surface area contributed by atoms with Gasteiger partial charge in [0.15, 0.2) is 5.13 Å². The number of halogens is 3. The van der Waals surface area contributed by atoms with Crippen LogP contribution in [0.2, 0.25) is 5.15 Å². The molecule has 5 aromatic rings. The van der Waals surface area contributed by atoms with Crippen molar-refractivity contribution in [2.75, 3.05) is 48.8 Å². The van der Waals surface area contributed by atoms with Crippen LogP contribution in [0, 0.1) is 17.0 Å². The summed E-state index contributed by atoms with van der Waals surface area (Å²) in [5.74, 6) is -0.407. The lowest BCUT2D eigenvalue weighted by Gasteiger charge is -2.42. The van der Waals surface area contributed by atoms with Gasteiger partial charge in [0.1, 0.15) is 32.9 Å². The Balaban J connectivity index is 1.29. The lowest BCUT2D eigenvalue weighted by Crippen LogP contribution is -2.47. The first kappa shape index (κ1) is 33.2. The van der Waals surface area contributed by atoms with E-state index in [0.29, 0.717) is 49.7 Å². The van der Waals surface area contributed by atoms with Crippen LogP contribution in [-0.4, -0.2) is 54.2 Å². The van der Waals surface area contributed by atoms with Gasteiger partial charge in [0.25, 0.3) is 0 Å². The van der Waals surface area contributed by atoms with Crippen molar-refractivity contribution in [1.29, 1.82) is 0 Å². The number of aromatic nitrogens is 2. The molecular formula is C37H37ClF2N6O2S. The van der Waals surface area contributed by atoms with Crippen molar-refractivity contribution < 1.29 is 18.3 Å². The van der Waals surface area contributed by atoms with Crippen molar-refractivity contribution in [2.45, 2.75) is 39.0 Å². The number of thiazole rings is 1. The van der Waals surface area contributed by atoms with Crippen LogP contribution in [0.25, 0.3) is 21.5 Å². The van der Waals surface area contributed by atoms with E-state index in [1.807, 2.05) is 24.3 Å². The van der Waals surface area contributed by atoms with Crippen LogP contribution in [0.1, 0.15) is 39.2 Å². The highest BCUT2D eigenvalue weighted by Crippen LogP contribution is 2.58. The standard InChI is InChI=1S/C37H37ClF2N6O2S/c1-36(2,3)20-45-17-15-37(16-18-45)21-46(32-28(48-4)19-24(40)30(31(32)37)22-9-11-23(39)12-10-22)27-8-6-5-7-25(27)41-34(47)44-35-42-26-13-14-29(38)43-33(26)49-35/h5-14,19H,15-18,20-21H2,1-4H3,(H2,41,42,44,47). The summed E-state index contributed by atoms with van der Waals surface area (Å²) in [5, 5.41) is 6.57. The predicted octanol–water partition coefficient (Wildman–Crippen LogP) is 9.47. The fourth-order valence-corrected chi connectivity index (χ4v) is 8.28. The van der Waals surface area contributed by atoms with Crippen molar-refractivity contribution in [1.82, 2.24) is 14.9 Å². The van der Waals surface area contributed by atoms with Crippen molar-refractivity contribution in [3.8, 4) is 16.9 Å². The number of hydrogen-bond acceptors (Lipinski definition) is 7. The minimum absolute atomic E-state index is 0.138. The number of urea groups is 1. The third kappa shape index (κ3) is 6.54. The molecule has 2 N–H and O–H groups in total. The molecule has 1 spiro atoms. The Hall–Kier alpha value is -4.32. The first-order valence-corrected chi connectivity index (χ1v) is 17.4. The van der Waals surface area contributed by atoms with Gasteiger partial charge in [0.2, 0.25) is 0 Å². The summed E-state index contributed by atoms with van der Waals surface area (Å²) in [6, 6.07) is 17.9. The molecular weight excluding hydrogens is 666 g/mol. The smallest absolute Gasteiger partial charge is 0.325 e. The van der Waals surface area contributed by atoms with E-state index in [-0.39, 0.29) is 11.2 Å². The van der Waals surface area contributed by atoms with Gasteiger partial charge in [-0.05, 0) is 78.9 Å². The number of anilines is 4. The molecule has 4 heterocycles. The predicted molar refractivity (Wildman–Crippen MR) is 194 cm³/mol. The molecule has 2 aliphatic rings. The minimum Gasteiger partial charge on any atom is -0.494 e. The molecule has 2 aliphatic heterocycles. The zero-order valence-corrected chi connectivity index (χ0v) is 29.3. The van der Waals surface area contributed by atoms with Gasteiger partial charge in [0.05, 0.1) is 24.2 Å². The molecule has 8 nitrogen and oxygen atoms in total. The molecule has 0 radical (unpaired) electrons. The van der Waals surface area contributed by atoms with E-state index in [0.717, 1.165) is 49.4 Å². The number of nitrogens with zero attached hydrogens (tertiary/aromatic N) is 4. The SMILES string of the molecule is COc1cc(F)c(-c2ccc(F)cc2)c2c1N(c1ccccc1NC(=O)Nc1nc3ccc(Cl)nc3s1)CC21CCN(CC(C)(C)C)CC1. The largest absolute Gasteiger partial charge is 0.494 e. The maximum atomic E-state index is 16.3. The number of benzene rings is 3. The molecule has 1 fully saturated rings. The molecule has 0 aliphatic carbocycles. The fraction of sp³-hybridized carbons (Fsp3) is 0.324. The Labute approximate surface area is 293 Å². The Bertz CT molecular complexity index is 2040. The quantitative estimate of drug-likeness (QED) is 0.172. The van der Waals surface area contributed by atoms with Crippen molar-refractivity contribution in [3.05, 3.63) is 89.1 Å². The Kier molecular flexibility index (Phi) is 8.71. The summed E-state index contributed by atoms with van der Waals surface area (Å²) in [5.41, 5.74) is 4.29. The number of nitrogens with one attached hydrogen (secondary N) is 2. The van der Waals surface area contributed by atoms with Gasteiger partial charge >= 0.3 is 6.03 Å². The maximum absolute atomic E-state index is 16.3. The number of hydrogen-bond donors (Lipinski definition) is 2. The zero-order chi connectivity index (χ0) is 34.5. The highest BCUT2D eigenvalue weighted by Gasteiger charge is 2.49. The van der Waals surface area contributed by atoms with E-state index < -0.39 is 17.3 Å². The molecule has 0 bridgehead atoms. The second-order valence-corrected chi connectivity index (χ2v) is 15.3. The number of rotatable bonds is 6. The summed E-state index contributed by atoms with van der Waals surface area (Å²) < 4.78 is 36.3. The molecule has 12 heteroatoms. The third-order valence-electron chi connectivity index (χ3n) is 9.23. The second-order valence-electron chi connectivity index (χ2n) is 13.9. The van der Waals surface area contributed by atoms with Crippen LogP contribution in [0.3, 0.4) is 0 Å². The first-order chi connectivity index (χ1) is 23.4. The van der Waals surface area contributed by atoms with E-state index in [9.17, 15) is 9.18 Å². The summed E-state index contributed by atoms with van der Waals surface area (Å²) in [4.78, 5) is 27.4. The molecule has 7 rings (SSSR count). The number of piperidine rings is 1. The molecule has 3 aromatic carbocycles. The molecule has 2 aromatic heterocycles. The van der Waals surface area contributed by atoms with Crippen LogP contribution in [0.5, 0.6) is 5.75 Å². The topological polar surface area (TPSA) is 82.6 Å². The lowest BCUT2D eigenvalue weighted by atomic mass is 9.71. The van der Waals surface area contributed by atoms with Gasteiger partial charge in [-0.2, -0.15) is 0 Å². The number of methoxy groups -OCH3 is 1. The van der Waals surface area contributed by atoms with E-state index in [1.54, 1.807) is 31.4 Å². The number of para-hydroxylation sites is 2. The monoisotopic (exact) mass is 702 g/mol. The highest BCUT2D eigenvalue weighted by molar-refractivity contribution is 7.22. The van der Waals surface area contributed by atoms with E-state index in [1.165, 1.54) is 29.5 Å². The second kappa shape index (κ2) is 12.9. The number of carbonyl (C=O) groups is 1. The van der Waals surface area contributed by atoms with Gasteiger partial charge in [-0.25, -0.2) is 23.5 Å². The summed E-state index contributed by atoms with van der Waals surface area (Å²) in [6.07, 6.45) is 1.58. The van der Waals surface area contributed by atoms with E-state index in [4.69, 9.17) is 16.3 Å². The summed E-state index contributed by atoms with van der Waals surface area (Å²) in [6.45, 7) is 9.90. The first-order valence-electron chi connectivity index (χ1n) is 16.2.